The first-order chi connectivity index (χ1) is 33.9. The molecule has 0 radical (unpaired) electrons. The fraction of sp³-hybridized carbons (Fsp3) is 0.455. The normalized spacial score (nSPS) is 23.7. The van der Waals surface area contributed by atoms with Gasteiger partial charge in [-0.3, -0.25) is 19.6 Å². The highest BCUT2D eigenvalue weighted by Crippen LogP contribution is 2.51. The minimum Gasteiger partial charge on any atom is -0.493 e. The predicted octanol–water partition coefficient (Wildman–Crippen LogP) is 8.69. The molecule has 1 unspecified atom stereocenters. The number of ether oxygens (including phenoxy) is 4. The Labute approximate surface area is 408 Å². The number of rotatable bonds is 11. The Balaban J connectivity index is 0.862. The van der Waals surface area contributed by atoms with Gasteiger partial charge in [0.1, 0.15) is 23.6 Å². The van der Waals surface area contributed by atoms with Crippen LogP contribution in [0.4, 0.5) is 9.59 Å². The van der Waals surface area contributed by atoms with E-state index >= 15 is 0 Å². The summed E-state index contributed by atoms with van der Waals surface area (Å²) in [6, 6.07) is 20.2. The van der Waals surface area contributed by atoms with Gasteiger partial charge < -0.3 is 43.9 Å². The molecule has 1 aliphatic carbocycles. The molecule has 15 heteroatoms. The Bertz CT molecular complexity index is 2950. The molecule has 3 aromatic carbocycles. The van der Waals surface area contributed by atoms with Crippen LogP contribution >= 0.6 is 0 Å². The molecule has 0 bridgehead atoms. The number of nitrogens with one attached hydrogen (secondary N) is 2. The monoisotopic (exact) mass is 947 g/mol. The molecule has 7 atom stereocenters. The Morgan fingerprint density at radius 3 is 2.14 bits per heavy atom. The van der Waals surface area contributed by atoms with Crippen LogP contribution in [-0.4, -0.2) is 107 Å². The van der Waals surface area contributed by atoms with E-state index in [-0.39, 0.29) is 41.8 Å². The Kier molecular flexibility index (Phi) is 11.8. The second-order valence-corrected chi connectivity index (χ2v) is 20.5. The third kappa shape index (κ3) is 8.10. The number of hydrogen-bond donors (Lipinski definition) is 2. The number of piperidine rings is 1. The fourth-order valence-electron chi connectivity index (χ4n) is 11.7. The van der Waals surface area contributed by atoms with E-state index in [1.165, 1.54) is 19.8 Å². The van der Waals surface area contributed by atoms with Crippen LogP contribution in [0, 0.1) is 17.8 Å². The Morgan fingerprint density at radius 2 is 1.43 bits per heavy atom. The lowest BCUT2D eigenvalue weighted by Gasteiger charge is -2.33. The number of aliphatic imine (C=N–C) groups is 2. The van der Waals surface area contributed by atoms with Crippen molar-refractivity contribution in [1.29, 1.82) is 0 Å². The molecule has 70 heavy (non-hydrogen) atoms. The number of carbonyl (C=O) groups is 4. The van der Waals surface area contributed by atoms with Gasteiger partial charge >= 0.3 is 12.2 Å². The van der Waals surface area contributed by atoms with Crippen LogP contribution in [0.3, 0.4) is 0 Å². The summed E-state index contributed by atoms with van der Waals surface area (Å²) in [6.07, 6.45) is 8.91. The van der Waals surface area contributed by atoms with Crippen LogP contribution in [0.1, 0.15) is 101 Å². The first-order valence-corrected chi connectivity index (χ1v) is 24.9. The number of hydrogen-bond acceptors (Lipinski definition) is 10. The summed E-state index contributed by atoms with van der Waals surface area (Å²) in [4.78, 5) is 66.2. The first-order valence-electron chi connectivity index (χ1n) is 24.9. The number of aryl methyl sites for hydroxylation is 1. The fourth-order valence-corrected chi connectivity index (χ4v) is 11.7. The van der Waals surface area contributed by atoms with Crippen molar-refractivity contribution < 1.29 is 38.1 Å². The minimum atomic E-state index is -0.696. The highest BCUT2D eigenvalue weighted by Gasteiger charge is 2.56. The van der Waals surface area contributed by atoms with Crippen molar-refractivity contribution in [1.82, 2.24) is 25.0 Å². The molecular formula is C55H61N7O8. The molecule has 11 rings (SSSR count). The molecule has 15 nitrogen and oxygen atoms in total. The van der Waals surface area contributed by atoms with Gasteiger partial charge in [-0.05, 0) is 121 Å². The van der Waals surface area contributed by atoms with E-state index in [2.05, 4.69) is 75.9 Å². The smallest absolute Gasteiger partial charge is 0.407 e. The largest absolute Gasteiger partial charge is 0.493 e. The van der Waals surface area contributed by atoms with E-state index in [0.717, 1.165) is 111 Å². The van der Waals surface area contributed by atoms with Crippen molar-refractivity contribution in [2.75, 3.05) is 27.4 Å². The van der Waals surface area contributed by atoms with Crippen LogP contribution in [0.5, 0.6) is 11.5 Å². The Hall–Kier alpha value is -6.90. The van der Waals surface area contributed by atoms with Gasteiger partial charge in [0.25, 0.3) is 0 Å². The maximum absolute atomic E-state index is 14.1. The number of allylic oxidation sites excluding steroid dienone is 2. The average Bonchev–Trinajstić information content (AvgIpc) is 4.04. The van der Waals surface area contributed by atoms with Crippen LogP contribution in [0.15, 0.2) is 83.0 Å². The number of methoxy groups -OCH3 is 2. The summed E-state index contributed by atoms with van der Waals surface area (Å²) in [5.74, 6) is 1.71. The van der Waals surface area contributed by atoms with E-state index in [0.29, 0.717) is 31.9 Å². The van der Waals surface area contributed by atoms with Crippen molar-refractivity contribution in [2.45, 2.75) is 115 Å². The van der Waals surface area contributed by atoms with Crippen LogP contribution in [-0.2, 0) is 25.5 Å². The van der Waals surface area contributed by atoms with Gasteiger partial charge in [0.15, 0.2) is 0 Å². The van der Waals surface area contributed by atoms with Crippen LogP contribution < -0.4 is 20.1 Å². The third-order valence-electron chi connectivity index (χ3n) is 15.5. The number of alkyl carbamates (subject to hydrolysis) is 2. The number of likely N-dealkylation sites (tertiary alicyclic amines) is 2. The maximum atomic E-state index is 14.1. The number of amides is 4. The average molecular weight is 948 g/mol. The quantitative estimate of drug-likeness (QED) is 0.151. The molecule has 4 aromatic rings. The number of nitrogens with zero attached hydrogens (tertiary/aromatic N) is 5. The van der Waals surface area contributed by atoms with Gasteiger partial charge in [-0.25, -0.2) is 9.59 Å². The maximum Gasteiger partial charge on any atom is 0.407 e. The van der Waals surface area contributed by atoms with E-state index in [1.807, 2.05) is 49.9 Å². The molecule has 2 N–H and O–H groups in total. The summed E-state index contributed by atoms with van der Waals surface area (Å²) in [6.45, 7) is 9.02. The molecule has 364 valence electrons. The first kappa shape index (κ1) is 45.5. The summed E-state index contributed by atoms with van der Waals surface area (Å²) >= 11 is 0. The molecule has 4 amide bonds. The van der Waals surface area contributed by atoms with Crippen LogP contribution in [0.25, 0.3) is 33.3 Å². The highest BCUT2D eigenvalue weighted by molar-refractivity contribution is 6.06. The summed E-state index contributed by atoms with van der Waals surface area (Å²) in [5, 5.41) is 6.61. The van der Waals surface area contributed by atoms with E-state index < -0.39 is 30.5 Å². The van der Waals surface area contributed by atoms with Crippen molar-refractivity contribution >= 4 is 57.5 Å². The summed E-state index contributed by atoms with van der Waals surface area (Å²) in [5.41, 5.74) is 11.4. The number of carbonyl (C=O) groups excluding carboxylic acids is 4. The standard InChI is InChI=1S/C55H61N7O8/c1-29(2)49(58-54(65)67-5)51(63)60-17-7-10-43(60)40-20-38(28-56-40)33-13-15-39-45-23-35-19-32(14-16-42(35)62(45)53(70-48(39)25-33)34-12-11-31-9-8-18-69-47(31)26-34)37-21-41(57-27-37)46-24-36-22-44(36)61(46)52(64)50(30(3)4)59-55(66)68-6/h11-16,19,23,25-30,36,43-44,46,49-50,53H,7-10,17-18,20-22,24H2,1-6H3,(H,58,65)(H,59,66)/t36-,43+,44-,46+,49+,50+,53?/m1/s1. The van der Waals surface area contributed by atoms with E-state index in [1.54, 1.807) is 0 Å². The van der Waals surface area contributed by atoms with Gasteiger partial charge in [0.2, 0.25) is 18.0 Å². The molecule has 7 aliphatic rings. The zero-order chi connectivity index (χ0) is 48.5. The van der Waals surface area contributed by atoms with Gasteiger partial charge in [-0.1, -0.05) is 52.0 Å². The highest BCUT2D eigenvalue weighted by atomic mass is 16.5. The lowest BCUT2D eigenvalue weighted by Crippen LogP contribution is -2.54. The van der Waals surface area contributed by atoms with Gasteiger partial charge in [0, 0.05) is 65.8 Å². The molecule has 7 heterocycles. The minimum absolute atomic E-state index is 0.0727. The van der Waals surface area contributed by atoms with Gasteiger partial charge in [-0.15, -0.1) is 0 Å². The van der Waals surface area contributed by atoms with Gasteiger partial charge in [-0.2, -0.15) is 0 Å². The van der Waals surface area contributed by atoms with Crippen molar-refractivity contribution in [3.05, 3.63) is 95.3 Å². The molecule has 6 aliphatic heterocycles. The third-order valence-corrected chi connectivity index (χ3v) is 15.5. The van der Waals surface area contributed by atoms with Crippen molar-refractivity contribution in [3.63, 3.8) is 0 Å². The zero-order valence-electron chi connectivity index (χ0n) is 40.7. The second kappa shape index (κ2) is 18.1. The Morgan fingerprint density at radius 1 is 0.743 bits per heavy atom. The number of fused-ring (bicyclic) bond motifs is 7. The topological polar surface area (TPSA) is 165 Å². The molecular weight excluding hydrogens is 887 g/mol. The zero-order valence-corrected chi connectivity index (χ0v) is 40.7. The lowest BCUT2D eigenvalue weighted by atomic mass is 9.95. The van der Waals surface area contributed by atoms with Crippen molar-refractivity contribution in [2.24, 2.45) is 27.7 Å². The molecule has 2 saturated heterocycles. The van der Waals surface area contributed by atoms with E-state index in [4.69, 9.17) is 28.9 Å². The number of aromatic nitrogens is 1. The molecule has 0 spiro atoms. The molecule has 1 aromatic heterocycles. The van der Waals surface area contributed by atoms with Crippen LogP contribution in [0.2, 0.25) is 0 Å². The molecule has 1 saturated carbocycles. The van der Waals surface area contributed by atoms with Crippen molar-refractivity contribution in [3.8, 4) is 22.8 Å². The SMILES string of the molecule is COC(=O)N[C@H](C(=O)N1CCC[C@H]1C1=NC=C(c2ccc3c(c2)OC(c2ccc4c(c2)OCCC4)n2c-3cc3cc(C4=CN=C([C@@H]5C[C@H]6C[C@H]6N5C(=O)[C@@H](NC(=O)OC)C(C)C)C4)ccc32)C1)C(C)C. The number of benzene rings is 3. The summed E-state index contributed by atoms with van der Waals surface area (Å²) < 4.78 is 25.3. The van der Waals surface area contributed by atoms with E-state index in [9.17, 15) is 19.2 Å². The second-order valence-electron chi connectivity index (χ2n) is 20.5. The summed E-state index contributed by atoms with van der Waals surface area (Å²) in [7, 11) is 2.62. The predicted molar refractivity (Wildman–Crippen MR) is 267 cm³/mol. The molecule has 3 fully saturated rings. The van der Waals surface area contributed by atoms with Gasteiger partial charge in [0.05, 0.1) is 44.1 Å². The lowest BCUT2D eigenvalue weighted by molar-refractivity contribution is -0.135.